The van der Waals surface area contributed by atoms with Crippen LogP contribution in [0.1, 0.15) is 27.2 Å². The molecule has 2 aromatic heterocycles. The van der Waals surface area contributed by atoms with E-state index in [1.807, 2.05) is 42.6 Å². The summed E-state index contributed by atoms with van der Waals surface area (Å²) < 4.78 is 7.52. The zero-order valence-corrected chi connectivity index (χ0v) is 13.3. The summed E-state index contributed by atoms with van der Waals surface area (Å²) in [5.74, 6) is 0.821. The van der Waals surface area contributed by atoms with Gasteiger partial charge in [-0.3, -0.25) is 4.79 Å². The Bertz CT molecular complexity index is 875. The van der Waals surface area contributed by atoms with E-state index in [4.69, 9.17) is 4.74 Å². The molecule has 0 amide bonds. The molecule has 3 aromatic rings. The van der Waals surface area contributed by atoms with Gasteiger partial charge in [-0.15, -0.1) is 0 Å². The summed E-state index contributed by atoms with van der Waals surface area (Å²) in [6.07, 6.45) is 2.90. The summed E-state index contributed by atoms with van der Waals surface area (Å²) in [5.41, 5.74) is 6.86. The molecule has 2 heterocycles. The lowest BCUT2D eigenvalue weighted by Crippen LogP contribution is -1.96. The lowest BCUT2D eigenvalue weighted by Gasteiger charge is -2.12. The molecule has 22 heavy (non-hydrogen) atoms. The predicted octanol–water partition coefficient (Wildman–Crippen LogP) is 4.35. The largest absolute Gasteiger partial charge is 0.496 e. The molecule has 0 N–H and O–H groups in total. The van der Waals surface area contributed by atoms with Gasteiger partial charge in [-0.05, 0) is 55.7 Å². The number of aryl methyl sites for hydroxylation is 3. The zero-order chi connectivity index (χ0) is 15.9. The maximum Gasteiger partial charge on any atom is 0.167 e. The fourth-order valence-corrected chi connectivity index (χ4v) is 3.06. The Morgan fingerprint density at radius 1 is 1.00 bits per heavy atom. The molecule has 3 rings (SSSR count). The van der Waals surface area contributed by atoms with Crippen molar-refractivity contribution in [3.8, 4) is 16.9 Å². The molecule has 0 spiro atoms. The molecular formula is C19H19NO2. The average molecular weight is 293 g/mol. The highest BCUT2D eigenvalue weighted by molar-refractivity contribution is 5.92. The maximum absolute atomic E-state index is 11.7. The van der Waals surface area contributed by atoms with Crippen LogP contribution >= 0.6 is 0 Å². The molecule has 3 heteroatoms. The highest BCUT2D eigenvalue weighted by Crippen LogP contribution is 2.37. The lowest BCUT2D eigenvalue weighted by molar-refractivity contribution is 0.111. The van der Waals surface area contributed by atoms with Crippen LogP contribution in [0.15, 0.2) is 36.5 Å². The number of carbonyl (C=O) groups excluding carboxylic acids is 1. The third-order valence-electron chi connectivity index (χ3n) is 3.98. The molecule has 0 saturated carbocycles. The van der Waals surface area contributed by atoms with Gasteiger partial charge in [-0.2, -0.15) is 0 Å². The molecular weight excluding hydrogens is 274 g/mol. The van der Waals surface area contributed by atoms with E-state index in [-0.39, 0.29) is 0 Å². The van der Waals surface area contributed by atoms with Crippen molar-refractivity contribution in [3.63, 3.8) is 0 Å². The number of carbonyl (C=O) groups is 1. The first-order chi connectivity index (χ1) is 10.5. The highest BCUT2D eigenvalue weighted by atomic mass is 16.5. The Labute approximate surface area is 130 Å². The minimum atomic E-state index is 0.655. The van der Waals surface area contributed by atoms with Crippen molar-refractivity contribution in [2.75, 3.05) is 7.11 Å². The molecule has 3 nitrogen and oxygen atoms in total. The van der Waals surface area contributed by atoms with E-state index in [0.717, 1.165) is 45.4 Å². The first-order valence-electron chi connectivity index (χ1n) is 7.27. The molecule has 0 radical (unpaired) electrons. The second-order valence-corrected chi connectivity index (χ2v) is 5.73. The van der Waals surface area contributed by atoms with Crippen LogP contribution in [-0.2, 0) is 0 Å². The van der Waals surface area contributed by atoms with Crippen molar-refractivity contribution in [2.24, 2.45) is 0 Å². The van der Waals surface area contributed by atoms with E-state index in [1.54, 1.807) is 7.11 Å². The maximum atomic E-state index is 11.7. The second kappa shape index (κ2) is 5.34. The number of benzene rings is 1. The minimum absolute atomic E-state index is 0.655. The van der Waals surface area contributed by atoms with E-state index >= 15 is 0 Å². The third-order valence-corrected chi connectivity index (χ3v) is 3.98. The Balaban J connectivity index is 2.38. The van der Waals surface area contributed by atoms with Crippen molar-refractivity contribution >= 4 is 11.8 Å². The van der Waals surface area contributed by atoms with Crippen molar-refractivity contribution in [2.45, 2.75) is 20.8 Å². The van der Waals surface area contributed by atoms with E-state index < -0.39 is 0 Å². The molecule has 0 saturated heterocycles. The average Bonchev–Trinajstić information content (AvgIpc) is 2.84. The predicted molar refractivity (Wildman–Crippen MR) is 89.0 cm³/mol. The van der Waals surface area contributed by atoms with Gasteiger partial charge in [0.1, 0.15) is 5.75 Å². The topological polar surface area (TPSA) is 30.7 Å². The normalized spacial score (nSPS) is 10.9. The standard InChI is InChI=1S/C19H19NO2/c1-12-5-6-15-9-16(18(11-21)20(15)10-12)17-8-13(2)7-14(3)19(17)22-4/h5-11H,1-4H3. The number of hydrogen-bond acceptors (Lipinski definition) is 2. The molecule has 0 atom stereocenters. The van der Waals surface area contributed by atoms with Gasteiger partial charge in [0.2, 0.25) is 0 Å². The summed E-state index contributed by atoms with van der Waals surface area (Å²) in [5, 5.41) is 0. The summed E-state index contributed by atoms with van der Waals surface area (Å²) in [6.45, 7) is 6.09. The van der Waals surface area contributed by atoms with Gasteiger partial charge < -0.3 is 9.14 Å². The molecule has 0 bridgehead atoms. The van der Waals surface area contributed by atoms with Crippen LogP contribution < -0.4 is 4.74 Å². The number of aromatic nitrogens is 1. The van der Waals surface area contributed by atoms with Gasteiger partial charge >= 0.3 is 0 Å². The van der Waals surface area contributed by atoms with E-state index in [0.29, 0.717) is 5.69 Å². The van der Waals surface area contributed by atoms with Gasteiger partial charge in [-0.1, -0.05) is 12.1 Å². The van der Waals surface area contributed by atoms with Gasteiger partial charge in [-0.25, -0.2) is 0 Å². The Hall–Kier alpha value is -2.55. The van der Waals surface area contributed by atoms with Crippen LogP contribution in [0.4, 0.5) is 0 Å². The summed E-state index contributed by atoms with van der Waals surface area (Å²) in [7, 11) is 1.67. The first kappa shape index (κ1) is 14.4. The molecule has 0 aliphatic heterocycles. The number of pyridine rings is 1. The van der Waals surface area contributed by atoms with Gasteiger partial charge in [0.05, 0.1) is 12.8 Å². The smallest absolute Gasteiger partial charge is 0.167 e. The van der Waals surface area contributed by atoms with Crippen LogP contribution in [0.25, 0.3) is 16.6 Å². The first-order valence-corrected chi connectivity index (χ1v) is 7.27. The summed E-state index contributed by atoms with van der Waals surface area (Å²) in [4.78, 5) is 11.7. The number of rotatable bonds is 3. The van der Waals surface area contributed by atoms with E-state index in [9.17, 15) is 4.79 Å². The minimum Gasteiger partial charge on any atom is -0.496 e. The number of ether oxygens (including phenoxy) is 1. The SMILES string of the molecule is COc1c(C)cc(C)cc1-c1cc2ccc(C)cn2c1C=O. The monoisotopic (exact) mass is 293 g/mol. The fourth-order valence-electron chi connectivity index (χ4n) is 3.06. The highest BCUT2D eigenvalue weighted by Gasteiger charge is 2.17. The van der Waals surface area contributed by atoms with Crippen LogP contribution in [0, 0.1) is 20.8 Å². The summed E-state index contributed by atoms with van der Waals surface area (Å²) >= 11 is 0. The number of nitrogens with zero attached hydrogens (tertiary/aromatic N) is 1. The van der Waals surface area contributed by atoms with Gasteiger partial charge in [0, 0.05) is 22.8 Å². The Morgan fingerprint density at radius 2 is 1.77 bits per heavy atom. The lowest BCUT2D eigenvalue weighted by atomic mass is 9.99. The van der Waals surface area contributed by atoms with Crippen LogP contribution in [0.3, 0.4) is 0 Å². The Kier molecular flexibility index (Phi) is 3.49. The molecule has 0 aliphatic rings. The van der Waals surface area contributed by atoms with Crippen molar-refractivity contribution in [3.05, 3.63) is 58.9 Å². The quantitative estimate of drug-likeness (QED) is 0.672. The number of methoxy groups -OCH3 is 1. The van der Waals surface area contributed by atoms with Crippen LogP contribution in [0.2, 0.25) is 0 Å². The van der Waals surface area contributed by atoms with E-state index in [2.05, 4.69) is 19.1 Å². The zero-order valence-electron chi connectivity index (χ0n) is 13.3. The van der Waals surface area contributed by atoms with E-state index in [1.165, 1.54) is 0 Å². The summed E-state index contributed by atoms with van der Waals surface area (Å²) in [6, 6.07) is 10.3. The Morgan fingerprint density at radius 3 is 2.45 bits per heavy atom. The van der Waals surface area contributed by atoms with Crippen molar-refractivity contribution in [1.82, 2.24) is 4.40 Å². The van der Waals surface area contributed by atoms with Crippen LogP contribution in [-0.4, -0.2) is 17.8 Å². The van der Waals surface area contributed by atoms with Gasteiger partial charge in [0.15, 0.2) is 6.29 Å². The fraction of sp³-hybridized carbons (Fsp3) is 0.211. The number of aldehydes is 1. The number of hydrogen-bond donors (Lipinski definition) is 0. The molecule has 0 unspecified atom stereocenters. The third kappa shape index (κ3) is 2.19. The van der Waals surface area contributed by atoms with Crippen molar-refractivity contribution in [1.29, 1.82) is 0 Å². The van der Waals surface area contributed by atoms with Gasteiger partial charge in [0.25, 0.3) is 0 Å². The van der Waals surface area contributed by atoms with Crippen LogP contribution in [0.5, 0.6) is 5.75 Å². The molecule has 1 aromatic carbocycles. The molecule has 112 valence electrons. The number of fused-ring (bicyclic) bond motifs is 1. The van der Waals surface area contributed by atoms with Crippen molar-refractivity contribution < 1.29 is 9.53 Å². The molecule has 0 fully saturated rings. The molecule has 0 aliphatic carbocycles. The second-order valence-electron chi connectivity index (χ2n) is 5.73.